The second kappa shape index (κ2) is 6.42. The molecule has 1 heterocycles. The molecule has 19 heavy (non-hydrogen) atoms. The zero-order chi connectivity index (χ0) is 13.8. The van der Waals surface area contributed by atoms with Crippen LogP contribution in [0.5, 0.6) is 5.75 Å². The van der Waals surface area contributed by atoms with Crippen molar-refractivity contribution in [2.75, 3.05) is 0 Å². The molecule has 0 bridgehead atoms. The second-order valence-corrected chi connectivity index (χ2v) is 6.24. The molecule has 1 unspecified atom stereocenters. The Morgan fingerprint density at radius 2 is 2.05 bits per heavy atom. The number of thiophene rings is 1. The summed E-state index contributed by atoms with van der Waals surface area (Å²) in [5.41, 5.74) is 0.756. The fraction of sp³-hybridized carbons (Fsp3) is 0.333. The van der Waals surface area contributed by atoms with Gasteiger partial charge >= 0.3 is 0 Å². The van der Waals surface area contributed by atoms with Gasteiger partial charge in [-0.3, -0.25) is 0 Å². The normalized spacial score (nSPS) is 12.8. The molecule has 1 aromatic heterocycles. The van der Waals surface area contributed by atoms with Crippen molar-refractivity contribution in [2.24, 2.45) is 5.92 Å². The van der Waals surface area contributed by atoms with Crippen molar-refractivity contribution in [3.05, 3.63) is 51.2 Å². The van der Waals surface area contributed by atoms with E-state index in [1.54, 1.807) is 29.5 Å². The highest BCUT2D eigenvalue weighted by atomic mass is 35.5. The third-order valence-corrected chi connectivity index (χ3v) is 4.42. The molecule has 0 amide bonds. The number of phenolic OH excluding ortho intramolecular Hbond substituents is 1. The lowest BCUT2D eigenvalue weighted by atomic mass is 10.0. The van der Waals surface area contributed by atoms with E-state index in [1.165, 1.54) is 4.88 Å². The van der Waals surface area contributed by atoms with Crippen molar-refractivity contribution >= 4 is 22.9 Å². The van der Waals surface area contributed by atoms with Gasteiger partial charge in [-0.25, -0.2) is 0 Å². The summed E-state index contributed by atoms with van der Waals surface area (Å²) in [5.74, 6) is 0.719. The predicted octanol–water partition coefficient (Wildman–Crippen LogP) is 4.59. The van der Waals surface area contributed by atoms with E-state index in [1.807, 2.05) is 0 Å². The molecule has 4 heteroatoms. The number of hydrogen-bond acceptors (Lipinski definition) is 3. The molecule has 0 radical (unpaired) electrons. The molecule has 1 aromatic carbocycles. The van der Waals surface area contributed by atoms with Crippen LogP contribution in [-0.4, -0.2) is 5.11 Å². The smallest absolute Gasteiger partial charge is 0.121 e. The quantitative estimate of drug-likeness (QED) is 0.845. The van der Waals surface area contributed by atoms with E-state index in [2.05, 4.69) is 36.7 Å². The lowest BCUT2D eigenvalue weighted by Gasteiger charge is -2.22. The lowest BCUT2D eigenvalue weighted by molar-refractivity contribution is 0.407. The first-order valence-corrected chi connectivity index (χ1v) is 7.58. The van der Waals surface area contributed by atoms with Crippen molar-refractivity contribution in [3.8, 4) is 5.75 Å². The van der Waals surface area contributed by atoms with E-state index in [9.17, 15) is 5.11 Å². The lowest BCUT2D eigenvalue weighted by Crippen LogP contribution is -2.24. The molecule has 0 fully saturated rings. The van der Waals surface area contributed by atoms with Crippen molar-refractivity contribution in [1.29, 1.82) is 0 Å². The summed E-state index contributed by atoms with van der Waals surface area (Å²) in [6.07, 6.45) is 0. The van der Waals surface area contributed by atoms with Crippen molar-refractivity contribution in [2.45, 2.75) is 26.4 Å². The first-order valence-electron chi connectivity index (χ1n) is 6.32. The Hall–Kier alpha value is -1.03. The number of halogens is 1. The van der Waals surface area contributed by atoms with E-state index in [4.69, 9.17) is 11.6 Å². The van der Waals surface area contributed by atoms with Gasteiger partial charge in [-0.2, -0.15) is 0 Å². The molecule has 0 aliphatic heterocycles. The molecule has 2 nitrogen and oxygen atoms in total. The van der Waals surface area contributed by atoms with Crippen molar-refractivity contribution in [3.63, 3.8) is 0 Å². The Labute approximate surface area is 123 Å². The van der Waals surface area contributed by atoms with E-state index >= 15 is 0 Å². The molecular weight excluding hydrogens is 278 g/mol. The van der Waals surface area contributed by atoms with Gasteiger partial charge in [-0.05, 0) is 29.5 Å². The van der Waals surface area contributed by atoms with E-state index in [0.29, 0.717) is 17.5 Å². The molecule has 0 aliphatic carbocycles. The van der Waals surface area contributed by atoms with Gasteiger partial charge in [-0.1, -0.05) is 37.6 Å². The standard InChI is InChI=1S/C15H18ClNOS/c1-10(2)15(14-7-4-8-19-14)17-9-11-12(16)5-3-6-13(11)18/h3-8,10,15,17-18H,9H2,1-2H3. The fourth-order valence-corrected chi connectivity index (χ4v) is 3.28. The van der Waals surface area contributed by atoms with Crippen LogP contribution in [0, 0.1) is 5.92 Å². The summed E-state index contributed by atoms with van der Waals surface area (Å²) in [7, 11) is 0. The van der Waals surface area contributed by atoms with Gasteiger partial charge in [0.05, 0.1) is 0 Å². The molecular formula is C15H18ClNOS. The first-order chi connectivity index (χ1) is 9.09. The Bertz CT molecular complexity index is 505. The number of rotatable bonds is 5. The molecule has 2 rings (SSSR count). The molecule has 2 N–H and O–H groups in total. The Morgan fingerprint density at radius 3 is 2.63 bits per heavy atom. The molecule has 1 atom stereocenters. The maximum atomic E-state index is 9.85. The second-order valence-electron chi connectivity index (χ2n) is 4.86. The summed E-state index contributed by atoms with van der Waals surface area (Å²) in [4.78, 5) is 1.31. The summed E-state index contributed by atoms with van der Waals surface area (Å²) in [6.45, 7) is 4.93. The molecule has 2 aromatic rings. The number of hydrogen-bond donors (Lipinski definition) is 2. The summed E-state index contributed by atoms with van der Waals surface area (Å²) < 4.78 is 0. The maximum absolute atomic E-state index is 9.85. The number of aromatic hydroxyl groups is 1. The Kier molecular flexibility index (Phi) is 4.86. The minimum atomic E-state index is 0.244. The maximum Gasteiger partial charge on any atom is 0.121 e. The van der Waals surface area contributed by atoms with Crippen LogP contribution < -0.4 is 5.32 Å². The third-order valence-electron chi connectivity index (χ3n) is 3.11. The summed E-state index contributed by atoms with van der Waals surface area (Å²) >= 11 is 7.86. The van der Waals surface area contributed by atoms with Gasteiger partial charge < -0.3 is 10.4 Å². The first kappa shape index (κ1) is 14.4. The molecule has 0 spiro atoms. The Morgan fingerprint density at radius 1 is 1.26 bits per heavy atom. The van der Waals surface area contributed by atoms with Crippen LogP contribution in [0.3, 0.4) is 0 Å². The minimum Gasteiger partial charge on any atom is -0.508 e. The number of nitrogens with one attached hydrogen (secondary N) is 1. The van der Waals surface area contributed by atoms with Gasteiger partial charge in [0, 0.05) is 28.0 Å². The third kappa shape index (κ3) is 3.50. The highest BCUT2D eigenvalue weighted by Crippen LogP contribution is 2.29. The van der Waals surface area contributed by atoms with E-state index in [-0.39, 0.29) is 11.8 Å². The fourth-order valence-electron chi connectivity index (χ4n) is 2.07. The van der Waals surface area contributed by atoms with Crippen LogP contribution in [-0.2, 0) is 6.54 Å². The van der Waals surface area contributed by atoms with Crippen LogP contribution >= 0.6 is 22.9 Å². The van der Waals surface area contributed by atoms with E-state index < -0.39 is 0 Å². The topological polar surface area (TPSA) is 32.3 Å². The minimum absolute atomic E-state index is 0.244. The van der Waals surface area contributed by atoms with Gasteiger partial charge in [0.1, 0.15) is 5.75 Å². The van der Waals surface area contributed by atoms with Crippen LogP contribution in [0.4, 0.5) is 0 Å². The zero-order valence-electron chi connectivity index (χ0n) is 11.1. The van der Waals surface area contributed by atoms with Crippen LogP contribution in [0.15, 0.2) is 35.7 Å². The zero-order valence-corrected chi connectivity index (χ0v) is 12.6. The largest absolute Gasteiger partial charge is 0.508 e. The van der Waals surface area contributed by atoms with Crippen LogP contribution in [0.1, 0.15) is 30.3 Å². The SMILES string of the molecule is CC(C)C(NCc1c(O)cccc1Cl)c1cccs1. The molecule has 102 valence electrons. The summed E-state index contributed by atoms with van der Waals surface area (Å²) in [6, 6.07) is 9.68. The van der Waals surface area contributed by atoms with Crippen molar-refractivity contribution < 1.29 is 5.11 Å². The van der Waals surface area contributed by atoms with Crippen LogP contribution in [0.2, 0.25) is 5.02 Å². The molecule has 0 aliphatic rings. The Balaban J connectivity index is 2.12. The van der Waals surface area contributed by atoms with E-state index in [0.717, 1.165) is 5.56 Å². The average Bonchev–Trinajstić information content (AvgIpc) is 2.86. The highest BCUT2D eigenvalue weighted by molar-refractivity contribution is 7.10. The predicted molar refractivity (Wildman–Crippen MR) is 81.9 cm³/mol. The van der Waals surface area contributed by atoms with Gasteiger partial charge in [0.15, 0.2) is 0 Å². The molecule has 0 saturated carbocycles. The number of benzene rings is 1. The highest BCUT2D eigenvalue weighted by Gasteiger charge is 2.17. The summed E-state index contributed by atoms with van der Waals surface area (Å²) in [5, 5.41) is 16.0. The number of phenols is 1. The monoisotopic (exact) mass is 295 g/mol. The average molecular weight is 296 g/mol. The van der Waals surface area contributed by atoms with Gasteiger partial charge in [0.25, 0.3) is 0 Å². The van der Waals surface area contributed by atoms with Gasteiger partial charge in [-0.15, -0.1) is 11.3 Å². The van der Waals surface area contributed by atoms with Crippen molar-refractivity contribution in [1.82, 2.24) is 5.32 Å². The van der Waals surface area contributed by atoms with Gasteiger partial charge in [0.2, 0.25) is 0 Å². The van der Waals surface area contributed by atoms with Crippen LogP contribution in [0.25, 0.3) is 0 Å². The molecule has 0 saturated heterocycles.